The molecule has 0 unspecified atom stereocenters. The molecule has 0 aromatic heterocycles. The third-order valence-corrected chi connectivity index (χ3v) is 6.49. The van der Waals surface area contributed by atoms with E-state index >= 15 is 0 Å². The number of ether oxygens (including phenoxy) is 1. The van der Waals surface area contributed by atoms with Gasteiger partial charge in [0, 0.05) is 0 Å². The van der Waals surface area contributed by atoms with Crippen LogP contribution in [0.15, 0.2) is 23.8 Å². The Hall–Kier alpha value is -0.600. The minimum Gasteiger partial charge on any atom is -0.386 e. The summed E-state index contributed by atoms with van der Waals surface area (Å²) in [5, 5.41) is 9.79. The van der Waals surface area contributed by atoms with Crippen molar-refractivity contribution < 1.29 is 9.84 Å². The van der Waals surface area contributed by atoms with Gasteiger partial charge in [-0.1, -0.05) is 30.7 Å². The summed E-state index contributed by atoms with van der Waals surface area (Å²) in [6.45, 7) is 10.7. The molecular weight excluding hydrogens is 272 g/mol. The van der Waals surface area contributed by atoms with Gasteiger partial charge in [0.1, 0.15) is 0 Å². The normalized spacial score (nSPS) is 45.5. The fourth-order valence-electron chi connectivity index (χ4n) is 4.90. The third-order valence-electron chi connectivity index (χ3n) is 6.49. The number of hydrogen-bond donors (Lipinski definition) is 1. The zero-order valence-electron chi connectivity index (χ0n) is 14.9. The fraction of sp³-hybridized carbons (Fsp3) is 0.800. The van der Waals surface area contributed by atoms with Crippen molar-refractivity contribution >= 4 is 0 Å². The van der Waals surface area contributed by atoms with E-state index in [9.17, 15) is 5.11 Å². The van der Waals surface area contributed by atoms with E-state index in [1.54, 1.807) is 0 Å². The highest BCUT2D eigenvalue weighted by Crippen LogP contribution is 2.61. The number of fused-ring (bicyclic) bond motifs is 2. The van der Waals surface area contributed by atoms with Gasteiger partial charge in [-0.25, -0.2) is 0 Å². The van der Waals surface area contributed by atoms with Crippen LogP contribution in [-0.2, 0) is 4.74 Å². The molecule has 0 radical (unpaired) electrons. The van der Waals surface area contributed by atoms with Gasteiger partial charge in [-0.3, -0.25) is 0 Å². The highest BCUT2D eigenvalue weighted by molar-refractivity contribution is 5.20. The van der Waals surface area contributed by atoms with Crippen LogP contribution >= 0.6 is 0 Å². The SMILES string of the molecule is C/C(=C\C=C\C(C)(C)O)[C@H]1CC[C@@]2(C)C[C@@H]3O[C@]3(C)CC[C@H]12. The number of epoxide rings is 1. The lowest BCUT2D eigenvalue weighted by Gasteiger charge is -2.33. The standard InChI is InChI=1S/C20H32O2/c1-14(7-6-10-18(2,3)21)15-8-11-19(4)13-17-20(5,22-17)12-9-16(15)19/h6-7,10,15-17,21H,8-9,11-13H2,1-5H3/b10-6+,14-7+/t15-,16-,17+,19+,20-/m1/s1. The molecule has 2 aliphatic carbocycles. The Bertz CT molecular complexity index is 498. The van der Waals surface area contributed by atoms with Crippen molar-refractivity contribution in [2.75, 3.05) is 0 Å². The van der Waals surface area contributed by atoms with E-state index in [0.717, 1.165) is 5.92 Å². The number of rotatable bonds is 3. The van der Waals surface area contributed by atoms with Crippen LogP contribution in [0.4, 0.5) is 0 Å². The van der Waals surface area contributed by atoms with Crippen molar-refractivity contribution in [2.45, 2.75) is 84.0 Å². The van der Waals surface area contributed by atoms with Crippen LogP contribution in [0, 0.1) is 17.3 Å². The topological polar surface area (TPSA) is 32.8 Å². The Balaban J connectivity index is 1.73. The molecule has 3 fully saturated rings. The molecule has 0 aromatic carbocycles. The van der Waals surface area contributed by atoms with Crippen LogP contribution in [0.1, 0.15) is 66.7 Å². The minimum absolute atomic E-state index is 0.191. The highest BCUT2D eigenvalue weighted by atomic mass is 16.6. The Morgan fingerprint density at radius 3 is 2.64 bits per heavy atom. The molecule has 0 aromatic rings. The summed E-state index contributed by atoms with van der Waals surface area (Å²) < 4.78 is 5.96. The third kappa shape index (κ3) is 3.05. The molecule has 3 rings (SSSR count). The second kappa shape index (κ2) is 5.21. The van der Waals surface area contributed by atoms with Gasteiger partial charge in [-0.2, -0.15) is 0 Å². The van der Waals surface area contributed by atoms with Gasteiger partial charge in [-0.05, 0) is 77.0 Å². The summed E-state index contributed by atoms with van der Waals surface area (Å²) in [6, 6.07) is 0. The minimum atomic E-state index is -0.726. The zero-order valence-corrected chi connectivity index (χ0v) is 14.9. The Labute approximate surface area is 135 Å². The average molecular weight is 304 g/mol. The van der Waals surface area contributed by atoms with Crippen LogP contribution in [0.25, 0.3) is 0 Å². The smallest absolute Gasteiger partial charge is 0.0920 e. The lowest BCUT2D eigenvalue weighted by molar-refractivity contribution is 0.133. The van der Waals surface area contributed by atoms with Crippen molar-refractivity contribution in [1.82, 2.24) is 0 Å². The number of hydrogen-bond acceptors (Lipinski definition) is 2. The zero-order chi connectivity index (χ0) is 16.2. The van der Waals surface area contributed by atoms with Crippen LogP contribution in [-0.4, -0.2) is 22.4 Å². The lowest BCUT2D eigenvalue weighted by Crippen LogP contribution is -2.26. The van der Waals surface area contributed by atoms with E-state index in [1.165, 1.54) is 37.7 Å². The second-order valence-corrected chi connectivity index (χ2v) is 8.99. The van der Waals surface area contributed by atoms with Crippen molar-refractivity contribution in [2.24, 2.45) is 17.3 Å². The molecule has 0 amide bonds. The Kier molecular flexibility index (Phi) is 3.85. The summed E-state index contributed by atoms with van der Waals surface area (Å²) in [6.07, 6.45) is 13.1. The highest BCUT2D eigenvalue weighted by Gasteiger charge is 2.60. The number of aliphatic hydroxyl groups is 1. The Morgan fingerprint density at radius 1 is 1.23 bits per heavy atom. The summed E-state index contributed by atoms with van der Waals surface area (Å²) in [5.41, 5.74) is 1.40. The van der Waals surface area contributed by atoms with Crippen molar-refractivity contribution in [1.29, 1.82) is 0 Å². The van der Waals surface area contributed by atoms with E-state index in [-0.39, 0.29) is 5.60 Å². The molecule has 0 bridgehead atoms. The molecular formula is C20H32O2. The molecule has 0 spiro atoms. The molecule has 1 heterocycles. The second-order valence-electron chi connectivity index (χ2n) is 8.99. The summed E-state index contributed by atoms with van der Waals surface area (Å²) in [4.78, 5) is 0. The van der Waals surface area contributed by atoms with Crippen LogP contribution in [0.2, 0.25) is 0 Å². The van der Waals surface area contributed by atoms with E-state index in [4.69, 9.17) is 4.74 Å². The monoisotopic (exact) mass is 304 g/mol. The van der Waals surface area contributed by atoms with Crippen molar-refractivity contribution in [3.05, 3.63) is 23.8 Å². The first kappa shape index (κ1) is 16.3. The van der Waals surface area contributed by atoms with Gasteiger partial charge in [0.05, 0.1) is 17.3 Å². The summed E-state index contributed by atoms with van der Waals surface area (Å²) in [5.74, 6) is 1.50. The first-order valence-corrected chi connectivity index (χ1v) is 8.89. The van der Waals surface area contributed by atoms with Crippen molar-refractivity contribution in [3.63, 3.8) is 0 Å². The summed E-state index contributed by atoms with van der Waals surface area (Å²) in [7, 11) is 0. The van der Waals surface area contributed by atoms with E-state index in [0.29, 0.717) is 17.4 Å². The molecule has 2 nitrogen and oxygen atoms in total. The molecule has 1 saturated heterocycles. The van der Waals surface area contributed by atoms with Gasteiger partial charge >= 0.3 is 0 Å². The van der Waals surface area contributed by atoms with E-state index in [1.807, 2.05) is 26.0 Å². The predicted molar refractivity (Wildman–Crippen MR) is 90.6 cm³/mol. The van der Waals surface area contributed by atoms with Gasteiger partial charge in [0.15, 0.2) is 0 Å². The molecule has 3 aliphatic rings. The molecule has 2 heteroatoms. The maximum atomic E-state index is 9.79. The number of allylic oxidation sites excluding steroid dienone is 3. The van der Waals surface area contributed by atoms with Crippen LogP contribution in [0.5, 0.6) is 0 Å². The summed E-state index contributed by atoms with van der Waals surface area (Å²) >= 11 is 0. The first-order valence-electron chi connectivity index (χ1n) is 8.89. The van der Waals surface area contributed by atoms with Gasteiger partial charge in [-0.15, -0.1) is 0 Å². The fourth-order valence-corrected chi connectivity index (χ4v) is 4.90. The predicted octanol–water partition coefficient (Wildman–Crippen LogP) is 4.63. The van der Waals surface area contributed by atoms with E-state index < -0.39 is 5.60 Å². The molecule has 2 saturated carbocycles. The van der Waals surface area contributed by atoms with Gasteiger partial charge in [0.25, 0.3) is 0 Å². The maximum Gasteiger partial charge on any atom is 0.0920 e. The Morgan fingerprint density at radius 2 is 1.95 bits per heavy atom. The molecule has 22 heavy (non-hydrogen) atoms. The van der Waals surface area contributed by atoms with E-state index in [2.05, 4.69) is 26.8 Å². The first-order chi connectivity index (χ1) is 10.1. The molecule has 1 N–H and O–H groups in total. The van der Waals surface area contributed by atoms with Gasteiger partial charge < -0.3 is 9.84 Å². The van der Waals surface area contributed by atoms with Crippen LogP contribution < -0.4 is 0 Å². The van der Waals surface area contributed by atoms with Crippen molar-refractivity contribution in [3.8, 4) is 0 Å². The molecule has 1 aliphatic heterocycles. The average Bonchev–Trinajstić information content (AvgIpc) is 2.89. The van der Waals surface area contributed by atoms with Gasteiger partial charge in [0.2, 0.25) is 0 Å². The molecule has 124 valence electrons. The van der Waals surface area contributed by atoms with Crippen LogP contribution in [0.3, 0.4) is 0 Å². The largest absolute Gasteiger partial charge is 0.386 e. The lowest BCUT2D eigenvalue weighted by atomic mass is 9.72. The quantitative estimate of drug-likeness (QED) is 0.609. The molecule has 5 atom stereocenters. The maximum absolute atomic E-state index is 9.79.